The number of aryl methyl sites for hydroxylation is 2. The van der Waals surface area contributed by atoms with Gasteiger partial charge >= 0.3 is 0 Å². The van der Waals surface area contributed by atoms with Crippen molar-refractivity contribution in [3.05, 3.63) is 64.8 Å². The number of rotatable bonds is 4. The Balaban J connectivity index is 1.43. The van der Waals surface area contributed by atoms with Crippen LogP contribution in [-0.2, 0) is 4.74 Å². The van der Waals surface area contributed by atoms with Crippen molar-refractivity contribution in [2.75, 3.05) is 6.61 Å². The second kappa shape index (κ2) is 8.37. The van der Waals surface area contributed by atoms with Crippen LogP contribution in [0.15, 0.2) is 24.5 Å². The molecule has 2 aliphatic rings. The molecule has 1 saturated carbocycles. The Hall–Kier alpha value is -3.40. The van der Waals surface area contributed by atoms with Crippen LogP contribution in [0.1, 0.15) is 66.5 Å². The van der Waals surface area contributed by atoms with Crippen molar-refractivity contribution < 1.29 is 17.9 Å². The number of benzene rings is 1. The van der Waals surface area contributed by atoms with E-state index in [1.165, 1.54) is 0 Å². The van der Waals surface area contributed by atoms with Crippen LogP contribution in [-0.4, -0.2) is 36.3 Å². The lowest BCUT2D eigenvalue weighted by Gasteiger charge is -2.28. The Bertz CT molecular complexity index is 1450. The van der Waals surface area contributed by atoms with E-state index in [0.29, 0.717) is 54.4 Å². The van der Waals surface area contributed by atoms with Crippen LogP contribution < -0.4 is 0 Å². The number of aromatic nitrogens is 6. The van der Waals surface area contributed by atoms with Crippen molar-refractivity contribution >= 4 is 11.2 Å². The van der Waals surface area contributed by atoms with Gasteiger partial charge < -0.3 is 4.74 Å². The third-order valence-electron chi connectivity index (χ3n) is 6.79. The molecule has 2 atom stereocenters. The summed E-state index contributed by atoms with van der Waals surface area (Å²) in [6.07, 6.45) is 7.26. The summed E-state index contributed by atoms with van der Waals surface area (Å²) < 4.78 is 50.6. The van der Waals surface area contributed by atoms with Crippen LogP contribution in [0, 0.1) is 31.3 Å². The van der Waals surface area contributed by atoms with E-state index in [4.69, 9.17) is 4.74 Å². The third-order valence-corrected chi connectivity index (χ3v) is 6.79. The van der Waals surface area contributed by atoms with E-state index < -0.39 is 17.5 Å². The van der Waals surface area contributed by atoms with Crippen molar-refractivity contribution in [1.29, 1.82) is 0 Å². The zero-order chi connectivity index (χ0) is 24.3. The number of hydrogen-bond donors (Lipinski definition) is 0. The van der Waals surface area contributed by atoms with Crippen molar-refractivity contribution in [2.24, 2.45) is 0 Å². The fourth-order valence-corrected chi connectivity index (χ4v) is 4.52. The average Bonchev–Trinajstić information content (AvgIpc) is 3.58. The molecule has 1 saturated heterocycles. The van der Waals surface area contributed by atoms with Gasteiger partial charge in [-0.05, 0) is 45.6 Å². The lowest BCUT2D eigenvalue weighted by Crippen LogP contribution is -2.20. The summed E-state index contributed by atoms with van der Waals surface area (Å²) in [6.45, 7) is 4.08. The first-order valence-corrected chi connectivity index (χ1v) is 11.7. The van der Waals surface area contributed by atoms with Gasteiger partial charge in [-0.15, -0.1) is 0 Å². The fraction of sp³-hybridized carbons (Fsp3) is 0.400. The predicted octanol–water partition coefficient (Wildman–Crippen LogP) is 5.29. The highest BCUT2D eigenvalue weighted by Gasteiger charge is 2.31. The number of fused-ring (bicyclic) bond motifs is 1. The fourth-order valence-electron chi connectivity index (χ4n) is 4.52. The minimum absolute atomic E-state index is 0.0987. The zero-order valence-corrected chi connectivity index (χ0v) is 19.3. The van der Waals surface area contributed by atoms with Crippen LogP contribution in [0.2, 0.25) is 0 Å². The molecule has 0 bridgehead atoms. The molecule has 180 valence electrons. The van der Waals surface area contributed by atoms with E-state index in [0.717, 1.165) is 24.5 Å². The monoisotopic (exact) mass is 480 g/mol. The molecular formula is C25H23F3N6O. The van der Waals surface area contributed by atoms with Gasteiger partial charge in [0, 0.05) is 35.9 Å². The van der Waals surface area contributed by atoms with Crippen LogP contribution >= 0.6 is 0 Å². The summed E-state index contributed by atoms with van der Waals surface area (Å²) in [7, 11) is 0. The van der Waals surface area contributed by atoms with E-state index in [1.54, 1.807) is 6.92 Å². The third kappa shape index (κ3) is 4.05. The van der Waals surface area contributed by atoms with E-state index in [2.05, 4.69) is 25.0 Å². The zero-order valence-electron chi connectivity index (χ0n) is 19.3. The summed E-state index contributed by atoms with van der Waals surface area (Å²) in [6, 6.07) is 1.81. The van der Waals surface area contributed by atoms with E-state index in [-0.39, 0.29) is 28.8 Å². The highest BCUT2D eigenvalue weighted by atomic mass is 19.2. The molecule has 0 radical (unpaired) electrons. The average molecular weight is 480 g/mol. The number of nitrogens with zero attached hydrogens (tertiary/aromatic N) is 6. The molecule has 4 aromatic rings. The van der Waals surface area contributed by atoms with Crippen LogP contribution in [0.5, 0.6) is 0 Å². The number of halogens is 3. The molecule has 3 aromatic heterocycles. The Morgan fingerprint density at radius 3 is 2.49 bits per heavy atom. The summed E-state index contributed by atoms with van der Waals surface area (Å²) in [5.74, 6) is -2.99. The van der Waals surface area contributed by atoms with Gasteiger partial charge in [0.15, 0.2) is 17.3 Å². The maximum absolute atomic E-state index is 14.8. The molecule has 0 spiro atoms. The van der Waals surface area contributed by atoms with Crippen molar-refractivity contribution in [3.63, 3.8) is 0 Å². The van der Waals surface area contributed by atoms with E-state index in [1.807, 2.05) is 24.0 Å². The standard InChI is InChI=1S/C25H23F3N6O/c1-12-13(2)31-25-23(30-12)22(17-8-19(27)20(28)9-18(17)26)32-24(33-25)14-5-6-35-21(7-14)15-10-29-34(11-15)16-3-4-16/h8-11,14,16,21H,3-7H2,1-2H3. The predicted molar refractivity (Wildman–Crippen MR) is 121 cm³/mol. The van der Waals surface area contributed by atoms with Gasteiger partial charge in [0.2, 0.25) is 0 Å². The summed E-state index contributed by atoms with van der Waals surface area (Å²) in [5.41, 5.74) is 2.76. The van der Waals surface area contributed by atoms with Gasteiger partial charge in [0.05, 0.1) is 29.7 Å². The van der Waals surface area contributed by atoms with Crippen molar-refractivity contribution in [2.45, 2.75) is 57.6 Å². The second-order valence-electron chi connectivity index (χ2n) is 9.31. The SMILES string of the molecule is Cc1nc2nc(C3CCOC(c4cnn(C5CC5)c4)C3)nc(-c3cc(F)c(F)cc3F)c2nc1C. The maximum atomic E-state index is 14.8. The molecule has 0 N–H and O–H groups in total. The van der Waals surface area contributed by atoms with Crippen LogP contribution in [0.25, 0.3) is 22.4 Å². The minimum atomic E-state index is -1.26. The lowest BCUT2D eigenvalue weighted by molar-refractivity contribution is 0.00396. The minimum Gasteiger partial charge on any atom is -0.373 e. The molecule has 1 aromatic carbocycles. The number of hydrogen-bond acceptors (Lipinski definition) is 6. The Labute approximate surface area is 199 Å². The first-order valence-electron chi connectivity index (χ1n) is 11.7. The van der Waals surface area contributed by atoms with Gasteiger partial charge in [0.25, 0.3) is 0 Å². The highest BCUT2D eigenvalue weighted by molar-refractivity contribution is 5.87. The summed E-state index contributed by atoms with van der Waals surface area (Å²) in [4.78, 5) is 18.4. The maximum Gasteiger partial charge on any atom is 0.182 e. The molecule has 10 heteroatoms. The molecule has 6 rings (SSSR count). The first-order chi connectivity index (χ1) is 16.9. The highest BCUT2D eigenvalue weighted by Crippen LogP contribution is 2.40. The van der Waals surface area contributed by atoms with Gasteiger partial charge in [0.1, 0.15) is 22.9 Å². The van der Waals surface area contributed by atoms with Gasteiger partial charge in [-0.25, -0.2) is 33.1 Å². The second-order valence-corrected chi connectivity index (χ2v) is 9.31. The molecular weight excluding hydrogens is 457 g/mol. The smallest absolute Gasteiger partial charge is 0.182 e. The Morgan fingerprint density at radius 2 is 1.69 bits per heavy atom. The van der Waals surface area contributed by atoms with Crippen molar-refractivity contribution in [1.82, 2.24) is 29.7 Å². The molecule has 35 heavy (non-hydrogen) atoms. The molecule has 2 unspecified atom stereocenters. The lowest BCUT2D eigenvalue weighted by atomic mass is 9.92. The van der Waals surface area contributed by atoms with E-state index >= 15 is 0 Å². The normalized spacial score (nSPS) is 20.5. The quantitative estimate of drug-likeness (QED) is 0.370. The first kappa shape index (κ1) is 22.1. The van der Waals surface area contributed by atoms with Crippen molar-refractivity contribution in [3.8, 4) is 11.3 Å². The summed E-state index contributed by atoms with van der Waals surface area (Å²) >= 11 is 0. The van der Waals surface area contributed by atoms with Crippen LogP contribution in [0.4, 0.5) is 13.2 Å². The molecule has 4 heterocycles. The van der Waals surface area contributed by atoms with Gasteiger partial charge in [-0.3, -0.25) is 4.68 Å². The summed E-state index contributed by atoms with van der Waals surface area (Å²) in [5, 5.41) is 4.47. The Morgan fingerprint density at radius 1 is 0.914 bits per heavy atom. The van der Waals surface area contributed by atoms with Gasteiger partial charge in [-0.1, -0.05) is 0 Å². The Kier molecular flexibility index (Phi) is 5.28. The topological polar surface area (TPSA) is 78.6 Å². The largest absolute Gasteiger partial charge is 0.373 e. The van der Waals surface area contributed by atoms with E-state index in [9.17, 15) is 13.2 Å². The molecule has 2 fully saturated rings. The van der Waals surface area contributed by atoms with Crippen LogP contribution in [0.3, 0.4) is 0 Å². The molecule has 1 aliphatic heterocycles. The number of ether oxygens (including phenoxy) is 1. The molecule has 1 aliphatic carbocycles. The van der Waals surface area contributed by atoms with Gasteiger partial charge in [-0.2, -0.15) is 5.10 Å². The molecule has 7 nitrogen and oxygen atoms in total. The molecule has 0 amide bonds.